The molecule has 56 valence electrons. The zero-order valence-corrected chi connectivity index (χ0v) is 5.45. The first-order chi connectivity index (χ1) is 4.83. The minimum atomic E-state index is 0.0768. The van der Waals surface area contributed by atoms with E-state index in [0.717, 1.165) is 0 Å². The number of aliphatic hydroxyl groups is 1. The molecule has 0 radical (unpaired) electrons. The van der Waals surface area contributed by atoms with Gasteiger partial charge in [-0.15, -0.1) is 5.10 Å². The number of aliphatic hydroxyl groups excluding tert-OH is 1. The molecule has 0 amide bonds. The number of aryl methyl sites for hydroxylation is 1. The molecule has 3 N–H and O–H groups in total. The molecule has 0 unspecified atom stereocenters. The summed E-state index contributed by atoms with van der Waals surface area (Å²) in [4.78, 5) is 0. The fourth-order valence-corrected chi connectivity index (χ4v) is 0.598. The highest BCUT2D eigenvalue weighted by Gasteiger charge is 2.00. The average molecular weight is 143 g/mol. The summed E-state index contributed by atoms with van der Waals surface area (Å²) in [6.45, 7) is 0.127. The van der Waals surface area contributed by atoms with Crippen LogP contribution >= 0.6 is 0 Å². The van der Waals surface area contributed by atoms with Gasteiger partial charge in [0.15, 0.2) is 0 Å². The minimum Gasteiger partial charge on any atom is -0.408 e. The van der Waals surface area contributed by atoms with Crippen LogP contribution in [0.15, 0.2) is 4.42 Å². The first kappa shape index (κ1) is 7.01. The Bertz CT molecular complexity index is 199. The molecule has 0 aromatic carbocycles. The van der Waals surface area contributed by atoms with E-state index in [2.05, 4.69) is 10.2 Å². The Morgan fingerprint density at radius 3 is 2.80 bits per heavy atom. The van der Waals surface area contributed by atoms with Crippen molar-refractivity contribution >= 4 is 6.01 Å². The molecule has 1 aromatic rings. The number of anilines is 1. The predicted octanol–water partition coefficient (Wildman–Crippen LogP) is -0.423. The van der Waals surface area contributed by atoms with Gasteiger partial charge in [0, 0.05) is 13.0 Å². The lowest BCUT2D eigenvalue weighted by atomic mass is 10.3. The number of nitrogens with two attached hydrogens (primary N) is 1. The summed E-state index contributed by atoms with van der Waals surface area (Å²) < 4.78 is 4.83. The molecule has 0 aliphatic heterocycles. The summed E-state index contributed by atoms with van der Waals surface area (Å²) in [6, 6.07) is 0.0768. The molecule has 0 fully saturated rings. The molecule has 0 aliphatic carbocycles. The van der Waals surface area contributed by atoms with Gasteiger partial charge in [0.05, 0.1) is 0 Å². The van der Waals surface area contributed by atoms with Crippen molar-refractivity contribution in [1.29, 1.82) is 0 Å². The third-order valence-corrected chi connectivity index (χ3v) is 1.03. The monoisotopic (exact) mass is 143 g/mol. The Hall–Kier alpha value is -1.10. The van der Waals surface area contributed by atoms with E-state index in [0.29, 0.717) is 18.7 Å². The highest BCUT2D eigenvalue weighted by atomic mass is 16.4. The molecule has 0 saturated carbocycles. The molecule has 0 spiro atoms. The summed E-state index contributed by atoms with van der Waals surface area (Å²) >= 11 is 0. The molecule has 1 rings (SSSR count). The fourth-order valence-electron chi connectivity index (χ4n) is 0.598. The largest absolute Gasteiger partial charge is 0.408 e. The van der Waals surface area contributed by atoms with Crippen molar-refractivity contribution in [2.45, 2.75) is 12.8 Å². The maximum Gasteiger partial charge on any atom is 0.312 e. The van der Waals surface area contributed by atoms with Gasteiger partial charge in [0.2, 0.25) is 5.89 Å². The normalized spacial score (nSPS) is 10.1. The van der Waals surface area contributed by atoms with Crippen LogP contribution in [0.2, 0.25) is 0 Å². The molecule has 0 aliphatic rings. The van der Waals surface area contributed by atoms with Crippen LogP contribution in [0, 0.1) is 0 Å². The van der Waals surface area contributed by atoms with Gasteiger partial charge in [-0.25, -0.2) is 0 Å². The number of nitrogens with zero attached hydrogens (tertiary/aromatic N) is 2. The van der Waals surface area contributed by atoms with E-state index in [1.54, 1.807) is 0 Å². The molecule has 1 heterocycles. The van der Waals surface area contributed by atoms with Crippen molar-refractivity contribution < 1.29 is 9.52 Å². The van der Waals surface area contributed by atoms with Crippen LogP contribution in [0.1, 0.15) is 12.3 Å². The van der Waals surface area contributed by atoms with Crippen LogP contribution in [-0.2, 0) is 6.42 Å². The second-order valence-corrected chi connectivity index (χ2v) is 1.86. The van der Waals surface area contributed by atoms with Gasteiger partial charge in [-0.3, -0.25) is 0 Å². The Morgan fingerprint density at radius 1 is 1.50 bits per heavy atom. The maximum absolute atomic E-state index is 8.41. The number of rotatable bonds is 3. The van der Waals surface area contributed by atoms with Crippen molar-refractivity contribution in [3.8, 4) is 0 Å². The molecular weight excluding hydrogens is 134 g/mol. The molecule has 0 bridgehead atoms. The van der Waals surface area contributed by atoms with Crippen LogP contribution in [0.4, 0.5) is 6.01 Å². The SMILES string of the molecule is Nc1nnc(CCCO)o1. The summed E-state index contributed by atoms with van der Waals surface area (Å²) in [5, 5.41) is 15.5. The summed E-state index contributed by atoms with van der Waals surface area (Å²) in [5.74, 6) is 0.478. The van der Waals surface area contributed by atoms with E-state index < -0.39 is 0 Å². The third-order valence-electron chi connectivity index (χ3n) is 1.03. The number of hydrogen-bond donors (Lipinski definition) is 2. The van der Waals surface area contributed by atoms with Crippen LogP contribution in [0.3, 0.4) is 0 Å². The van der Waals surface area contributed by atoms with Crippen molar-refractivity contribution in [1.82, 2.24) is 10.2 Å². The van der Waals surface area contributed by atoms with Gasteiger partial charge in [0.1, 0.15) is 0 Å². The fraction of sp³-hybridized carbons (Fsp3) is 0.600. The first-order valence-electron chi connectivity index (χ1n) is 3.01. The Labute approximate surface area is 57.9 Å². The highest BCUT2D eigenvalue weighted by Crippen LogP contribution is 2.02. The highest BCUT2D eigenvalue weighted by molar-refractivity contribution is 5.04. The lowest BCUT2D eigenvalue weighted by Crippen LogP contribution is -1.88. The van der Waals surface area contributed by atoms with Gasteiger partial charge >= 0.3 is 6.01 Å². The Morgan fingerprint density at radius 2 is 2.30 bits per heavy atom. The van der Waals surface area contributed by atoms with Crippen molar-refractivity contribution in [2.24, 2.45) is 0 Å². The summed E-state index contributed by atoms with van der Waals surface area (Å²) in [6.07, 6.45) is 1.21. The van der Waals surface area contributed by atoms with Gasteiger partial charge < -0.3 is 15.3 Å². The van der Waals surface area contributed by atoms with E-state index >= 15 is 0 Å². The zero-order chi connectivity index (χ0) is 7.40. The lowest BCUT2D eigenvalue weighted by molar-refractivity contribution is 0.283. The van der Waals surface area contributed by atoms with Gasteiger partial charge in [-0.2, -0.15) is 0 Å². The third kappa shape index (κ3) is 1.70. The molecule has 5 nitrogen and oxygen atoms in total. The van der Waals surface area contributed by atoms with E-state index in [1.165, 1.54) is 0 Å². The first-order valence-corrected chi connectivity index (χ1v) is 3.01. The van der Waals surface area contributed by atoms with E-state index in [4.69, 9.17) is 15.3 Å². The Balaban J connectivity index is 2.42. The second kappa shape index (κ2) is 3.17. The Kier molecular flexibility index (Phi) is 2.22. The molecule has 5 heteroatoms. The standard InChI is InChI=1S/C5H9N3O2/c6-5-8-7-4(10-5)2-1-3-9/h9H,1-3H2,(H2,6,8). The molecule has 1 aromatic heterocycles. The van der Waals surface area contributed by atoms with Gasteiger partial charge in [0.25, 0.3) is 0 Å². The van der Waals surface area contributed by atoms with Crippen LogP contribution in [0.25, 0.3) is 0 Å². The number of hydrogen-bond acceptors (Lipinski definition) is 5. The van der Waals surface area contributed by atoms with Crippen molar-refractivity contribution in [2.75, 3.05) is 12.3 Å². The van der Waals surface area contributed by atoms with Crippen LogP contribution < -0.4 is 5.73 Å². The van der Waals surface area contributed by atoms with Gasteiger partial charge in [-0.05, 0) is 6.42 Å². The summed E-state index contributed by atoms with van der Waals surface area (Å²) in [5.41, 5.74) is 5.15. The predicted molar refractivity (Wildman–Crippen MR) is 34.1 cm³/mol. The van der Waals surface area contributed by atoms with E-state index in [-0.39, 0.29) is 12.6 Å². The van der Waals surface area contributed by atoms with Crippen molar-refractivity contribution in [3.63, 3.8) is 0 Å². The van der Waals surface area contributed by atoms with Gasteiger partial charge in [-0.1, -0.05) is 5.10 Å². The summed E-state index contributed by atoms with van der Waals surface area (Å²) in [7, 11) is 0. The average Bonchev–Trinajstić information content (AvgIpc) is 2.31. The van der Waals surface area contributed by atoms with Crippen molar-refractivity contribution in [3.05, 3.63) is 5.89 Å². The molecule has 10 heavy (non-hydrogen) atoms. The smallest absolute Gasteiger partial charge is 0.312 e. The topological polar surface area (TPSA) is 85.2 Å². The zero-order valence-electron chi connectivity index (χ0n) is 5.45. The minimum absolute atomic E-state index is 0.0768. The number of nitrogen functional groups attached to an aromatic ring is 1. The van der Waals surface area contributed by atoms with Crippen LogP contribution in [0.5, 0.6) is 0 Å². The lowest BCUT2D eigenvalue weighted by Gasteiger charge is -1.87. The molecular formula is C5H9N3O2. The molecule has 0 saturated heterocycles. The maximum atomic E-state index is 8.41. The number of aromatic nitrogens is 2. The molecule has 0 atom stereocenters. The van der Waals surface area contributed by atoms with E-state index in [9.17, 15) is 0 Å². The second-order valence-electron chi connectivity index (χ2n) is 1.86. The van der Waals surface area contributed by atoms with Crippen LogP contribution in [-0.4, -0.2) is 21.9 Å². The van der Waals surface area contributed by atoms with E-state index in [1.807, 2.05) is 0 Å². The quantitative estimate of drug-likeness (QED) is 0.600.